The van der Waals surface area contributed by atoms with Crippen LogP contribution in [0.5, 0.6) is 0 Å². The number of hydrogen-bond donors (Lipinski definition) is 4. The van der Waals surface area contributed by atoms with Crippen molar-refractivity contribution < 1.29 is 17.9 Å². The summed E-state index contributed by atoms with van der Waals surface area (Å²) in [5.41, 5.74) is 6.69. The number of nitrogens with one attached hydrogen (secondary N) is 3. The molecule has 4 heterocycles. The Kier molecular flexibility index (Phi) is 6.38. The van der Waals surface area contributed by atoms with Gasteiger partial charge in [-0.3, -0.25) is 10.3 Å². The molecule has 192 valence electrons. The first-order valence-electron chi connectivity index (χ1n) is 11.7. The van der Waals surface area contributed by atoms with Gasteiger partial charge in [0.1, 0.15) is 17.2 Å². The van der Waals surface area contributed by atoms with Gasteiger partial charge in [-0.15, -0.1) is 0 Å². The minimum atomic E-state index is -4.62. The molecule has 1 aromatic carbocycles. The maximum Gasteiger partial charge on any atom is 0.418 e. The maximum atomic E-state index is 14.0. The van der Waals surface area contributed by atoms with Crippen molar-refractivity contribution in [2.45, 2.75) is 38.7 Å². The largest absolute Gasteiger partial charge is 0.418 e. The monoisotopic (exact) mass is 511 g/mol. The number of benzene rings is 1. The predicted molar refractivity (Wildman–Crippen MR) is 132 cm³/mol. The molecule has 13 heteroatoms. The molecule has 1 aliphatic heterocycles. The fourth-order valence-corrected chi connectivity index (χ4v) is 4.16. The van der Waals surface area contributed by atoms with E-state index in [1.165, 1.54) is 35.6 Å². The van der Waals surface area contributed by atoms with E-state index in [1.807, 2.05) is 6.92 Å². The van der Waals surface area contributed by atoms with Crippen LogP contribution < -0.4 is 16.0 Å². The van der Waals surface area contributed by atoms with E-state index in [2.05, 4.69) is 30.2 Å². The average Bonchev–Trinajstić information content (AvgIpc) is 3.49. The summed E-state index contributed by atoms with van der Waals surface area (Å²) >= 11 is 0. The molecule has 0 spiro atoms. The first-order valence-corrected chi connectivity index (χ1v) is 11.7. The molecule has 0 radical (unpaired) electrons. The van der Waals surface area contributed by atoms with E-state index in [0.717, 1.165) is 25.3 Å². The summed E-state index contributed by atoms with van der Waals surface area (Å²) < 4.78 is 48.1. The van der Waals surface area contributed by atoms with E-state index in [1.54, 1.807) is 6.07 Å². The van der Waals surface area contributed by atoms with Gasteiger partial charge < -0.3 is 20.8 Å². The van der Waals surface area contributed by atoms with Gasteiger partial charge in [0, 0.05) is 11.8 Å². The molecule has 0 saturated carbocycles. The van der Waals surface area contributed by atoms with Crippen molar-refractivity contribution in [1.82, 2.24) is 24.9 Å². The van der Waals surface area contributed by atoms with E-state index < -0.39 is 18.1 Å². The number of alkyl halides is 3. The van der Waals surface area contributed by atoms with Crippen LogP contribution in [0.1, 0.15) is 37.4 Å². The Morgan fingerprint density at radius 2 is 2.00 bits per heavy atom. The number of aromatic nitrogens is 5. The number of para-hydroxylation sites is 1. The first-order chi connectivity index (χ1) is 17.8. The minimum absolute atomic E-state index is 0.0406. The Morgan fingerprint density at radius 1 is 1.19 bits per heavy atom. The average molecular weight is 512 g/mol. The molecule has 0 saturated heterocycles. The van der Waals surface area contributed by atoms with Crippen molar-refractivity contribution in [2.24, 2.45) is 5.73 Å². The fraction of sp³-hybridized carbons (Fsp3) is 0.292. The number of ether oxygens (including phenoxy) is 1. The molecule has 1 unspecified atom stereocenters. The zero-order chi connectivity index (χ0) is 26.2. The highest BCUT2D eigenvalue weighted by Crippen LogP contribution is 2.46. The van der Waals surface area contributed by atoms with Crippen LogP contribution in [-0.4, -0.2) is 43.7 Å². The number of nitrogens with two attached hydrogens (primary N) is 1. The summed E-state index contributed by atoms with van der Waals surface area (Å²) in [7, 11) is 0. The van der Waals surface area contributed by atoms with Crippen LogP contribution in [-0.2, 0) is 10.9 Å². The number of fused-ring (bicyclic) bond motifs is 2. The summed E-state index contributed by atoms with van der Waals surface area (Å²) in [5.74, 6) is -0.133. The van der Waals surface area contributed by atoms with Crippen LogP contribution >= 0.6 is 0 Å². The number of unbranched alkanes of at least 4 members (excludes halogenated alkanes) is 2. The van der Waals surface area contributed by atoms with Gasteiger partial charge in [0.25, 0.3) is 0 Å². The van der Waals surface area contributed by atoms with Gasteiger partial charge in [0.05, 0.1) is 29.7 Å². The zero-order valence-electron chi connectivity index (χ0n) is 19.8. The van der Waals surface area contributed by atoms with E-state index in [4.69, 9.17) is 15.9 Å². The third-order valence-electron chi connectivity index (χ3n) is 5.90. The molecular formula is C24H24F3N9O. The summed E-state index contributed by atoms with van der Waals surface area (Å²) in [4.78, 5) is 21.7. The molecule has 1 aliphatic rings. The maximum absolute atomic E-state index is 14.0. The highest BCUT2D eigenvalue weighted by molar-refractivity contribution is 6.03. The third kappa shape index (κ3) is 4.65. The second-order valence-corrected chi connectivity index (χ2v) is 8.47. The number of halogens is 3. The number of nitrogen functional groups attached to an aromatic ring is 1. The van der Waals surface area contributed by atoms with Gasteiger partial charge in [0.15, 0.2) is 17.3 Å². The number of imidazole rings is 1. The number of nitrogens with zero attached hydrogens (tertiary/aromatic N) is 5. The van der Waals surface area contributed by atoms with E-state index in [9.17, 15) is 13.2 Å². The summed E-state index contributed by atoms with van der Waals surface area (Å²) in [6.07, 6.45) is -0.0557. The quantitative estimate of drug-likeness (QED) is 0.151. The van der Waals surface area contributed by atoms with Crippen LogP contribution in [0.4, 0.5) is 30.4 Å². The van der Waals surface area contributed by atoms with Crippen molar-refractivity contribution in [1.29, 1.82) is 5.41 Å². The molecule has 0 aliphatic carbocycles. The highest BCUT2D eigenvalue weighted by Gasteiger charge is 2.41. The van der Waals surface area contributed by atoms with Crippen LogP contribution in [0, 0.1) is 5.41 Å². The molecular weight excluding hydrogens is 487 g/mol. The van der Waals surface area contributed by atoms with Crippen molar-refractivity contribution in [3.05, 3.63) is 54.1 Å². The minimum Gasteiger partial charge on any atom is -0.382 e. The van der Waals surface area contributed by atoms with E-state index >= 15 is 0 Å². The van der Waals surface area contributed by atoms with Crippen LogP contribution in [0.25, 0.3) is 22.6 Å². The smallest absolute Gasteiger partial charge is 0.382 e. The van der Waals surface area contributed by atoms with Gasteiger partial charge in [-0.1, -0.05) is 31.9 Å². The molecule has 1 atom stereocenters. The lowest BCUT2D eigenvalue weighted by atomic mass is 10.1. The van der Waals surface area contributed by atoms with Gasteiger partial charge in [-0.25, -0.2) is 19.9 Å². The second kappa shape index (κ2) is 9.65. The number of H-pyrrole nitrogens is 1. The molecule has 3 aromatic heterocycles. The molecule has 4 aromatic rings. The zero-order valence-corrected chi connectivity index (χ0v) is 19.8. The molecule has 0 amide bonds. The molecule has 5 N–H and O–H groups in total. The van der Waals surface area contributed by atoms with Gasteiger partial charge >= 0.3 is 6.18 Å². The van der Waals surface area contributed by atoms with E-state index in [0.29, 0.717) is 23.3 Å². The SMILES string of the molecule is CCCCCOC1Nc2c(C(=N)N)nc(-c3cnc4nc[nH]c4c3)nc2N1c1ccccc1C(F)(F)F. The number of hydrogen-bond acceptors (Lipinski definition) is 8. The van der Waals surface area contributed by atoms with Crippen molar-refractivity contribution in [2.75, 3.05) is 16.8 Å². The molecule has 10 nitrogen and oxygen atoms in total. The summed E-state index contributed by atoms with van der Waals surface area (Å²) in [6, 6.07) is 6.92. The Hall–Kier alpha value is -4.26. The van der Waals surface area contributed by atoms with Gasteiger partial charge in [-0.2, -0.15) is 13.2 Å². The van der Waals surface area contributed by atoms with Crippen molar-refractivity contribution >= 4 is 34.2 Å². The second-order valence-electron chi connectivity index (χ2n) is 8.47. The molecule has 0 bridgehead atoms. The number of rotatable bonds is 8. The Labute approximate surface area is 209 Å². The number of aromatic amines is 1. The van der Waals surface area contributed by atoms with Crippen molar-refractivity contribution in [3.63, 3.8) is 0 Å². The molecule has 5 rings (SSSR count). The summed E-state index contributed by atoms with van der Waals surface area (Å²) in [5, 5.41) is 11.2. The lowest BCUT2D eigenvalue weighted by Crippen LogP contribution is -2.36. The fourth-order valence-electron chi connectivity index (χ4n) is 4.16. The summed E-state index contributed by atoms with van der Waals surface area (Å²) in [6.45, 7) is 2.35. The number of anilines is 3. The highest BCUT2D eigenvalue weighted by atomic mass is 19.4. The third-order valence-corrected chi connectivity index (χ3v) is 5.90. The molecule has 0 fully saturated rings. The van der Waals surface area contributed by atoms with E-state index in [-0.39, 0.29) is 34.5 Å². The van der Waals surface area contributed by atoms with Crippen LogP contribution in [0.3, 0.4) is 0 Å². The van der Waals surface area contributed by atoms with Gasteiger partial charge in [0.2, 0.25) is 6.35 Å². The Morgan fingerprint density at radius 3 is 2.76 bits per heavy atom. The van der Waals surface area contributed by atoms with Crippen LogP contribution in [0.2, 0.25) is 0 Å². The Bertz CT molecular complexity index is 1450. The normalized spacial score (nSPS) is 15.1. The lowest BCUT2D eigenvalue weighted by molar-refractivity contribution is -0.137. The number of amidine groups is 1. The predicted octanol–water partition coefficient (Wildman–Crippen LogP) is 4.77. The topological polar surface area (TPSA) is 142 Å². The van der Waals surface area contributed by atoms with Crippen LogP contribution in [0.15, 0.2) is 42.9 Å². The molecule has 37 heavy (non-hydrogen) atoms. The van der Waals surface area contributed by atoms with Gasteiger partial charge in [-0.05, 0) is 24.6 Å². The van der Waals surface area contributed by atoms with Crippen molar-refractivity contribution in [3.8, 4) is 11.4 Å². The number of pyridine rings is 1. The lowest BCUT2D eigenvalue weighted by Gasteiger charge is -2.28. The first kappa shape index (κ1) is 24.4. The standard InChI is InChI=1S/C24H24F3N9O/c1-2-3-6-9-37-23-34-18-17(19(28)29)33-20(13-10-15-21(30-11-13)32-12-31-15)35-22(18)36(23)16-8-5-4-7-14(16)24(25,26)27/h4-5,7-8,10-12,23,34H,2-3,6,9H2,1H3,(H3,28,29)(H,30,31,32). The Balaban J connectivity index is 1.67.